The van der Waals surface area contributed by atoms with Crippen LogP contribution < -0.4 is 10.1 Å². The summed E-state index contributed by atoms with van der Waals surface area (Å²) in [4.78, 5) is 24.1. The number of carbonyl (C=O) groups excluding carboxylic acids is 1. The van der Waals surface area contributed by atoms with Gasteiger partial charge in [-0.25, -0.2) is 8.42 Å². The van der Waals surface area contributed by atoms with Gasteiger partial charge in [0.05, 0.1) is 46.6 Å². The Morgan fingerprint density at radius 3 is 2.64 bits per heavy atom. The third kappa shape index (κ3) is 5.65. The zero-order chi connectivity index (χ0) is 27.9. The van der Waals surface area contributed by atoms with E-state index in [4.69, 9.17) is 4.74 Å². The van der Waals surface area contributed by atoms with Gasteiger partial charge in [-0.3, -0.25) is 19.7 Å². The Kier molecular flexibility index (Phi) is 7.15. The lowest BCUT2D eigenvalue weighted by Gasteiger charge is -2.27. The van der Waals surface area contributed by atoms with E-state index >= 15 is 0 Å². The lowest BCUT2D eigenvalue weighted by Crippen LogP contribution is -2.26. The highest BCUT2D eigenvalue weighted by Crippen LogP contribution is 2.41. The SMILES string of the molecule is CCS(=O)(=O)c1ccc(CNC(=O)c2cnc3c(c2)CN(Cc2ccc4c(c2)CC(F)(F)O4)C3C(C)C)nc1. The third-order valence-electron chi connectivity index (χ3n) is 7.08. The first-order chi connectivity index (χ1) is 18.5. The maximum Gasteiger partial charge on any atom is 0.402 e. The molecule has 2 aromatic heterocycles. The Morgan fingerprint density at radius 1 is 1.15 bits per heavy atom. The van der Waals surface area contributed by atoms with Crippen LogP contribution in [0.4, 0.5) is 8.78 Å². The van der Waals surface area contributed by atoms with Crippen molar-refractivity contribution in [1.82, 2.24) is 20.2 Å². The molecule has 1 atom stereocenters. The number of amides is 1. The molecule has 0 spiro atoms. The Balaban J connectivity index is 1.27. The number of alkyl halides is 2. The van der Waals surface area contributed by atoms with Crippen molar-refractivity contribution >= 4 is 15.7 Å². The van der Waals surface area contributed by atoms with Gasteiger partial charge in [-0.05, 0) is 41.3 Å². The summed E-state index contributed by atoms with van der Waals surface area (Å²) in [6.45, 7) is 7.05. The molecule has 0 aliphatic carbocycles. The van der Waals surface area contributed by atoms with E-state index in [9.17, 15) is 22.0 Å². The number of hydrogen-bond donors (Lipinski definition) is 1. The second kappa shape index (κ2) is 10.3. The summed E-state index contributed by atoms with van der Waals surface area (Å²) in [5, 5.41) is 2.82. The van der Waals surface area contributed by atoms with Gasteiger partial charge in [0, 0.05) is 31.0 Å². The fourth-order valence-electron chi connectivity index (χ4n) is 5.18. The minimum atomic E-state index is -3.34. The molecule has 4 heterocycles. The largest absolute Gasteiger partial charge is 0.432 e. The molecule has 206 valence electrons. The van der Waals surface area contributed by atoms with E-state index in [1.165, 1.54) is 12.3 Å². The van der Waals surface area contributed by atoms with Crippen molar-refractivity contribution in [2.45, 2.75) is 63.9 Å². The van der Waals surface area contributed by atoms with Crippen LogP contribution in [0.5, 0.6) is 5.75 Å². The smallest absolute Gasteiger partial charge is 0.402 e. The highest BCUT2D eigenvalue weighted by Gasteiger charge is 2.40. The predicted octanol–water partition coefficient (Wildman–Crippen LogP) is 4.44. The Morgan fingerprint density at radius 2 is 1.95 bits per heavy atom. The van der Waals surface area contributed by atoms with Gasteiger partial charge < -0.3 is 10.1 Å². The number of pyridine rings is 2. The standard InChI is InChI=1S/C28H30F2N4O4S/c1-4-39(36,37)23-7-6-22(31-14-23)13-33-27(35)20-10-21-16-34(26(17(2)3)25(21)32-12-20)15-18-5-8-24-19(9-18)11-28(29,30)38-24/h5-10,12,14,17,26H,4,11,13,15-16H2,1-3H3,(H,33,35). The number of nitrogens with one attached hydrogen (secondary N) is 1. The van der Waals surface area contributed by atoms with Crippen molar-refractivity contribution in [1.29, 1.82) is 0 Å². The molecule has 1 aromatic carbocycles. The summed E-state index contributed by atoms with van der Waals surface area (Å²) < 4.78 is 55.9. The van der Waals surface area contributed by atoms with E-state index in [1.807, 2.05) is 12.1 Å². The van der Waals surface area contributed by atoms with Crippen LogP contribution in [0, 0.1) is 5.92 Å². The topological polar surface area (TPSA) is 101 Å². The second-order valence-electron chi connectivity index (χ2n) is 10.3. The van der Waals surface area contributed by atoms with Gasteiger partial charge in [0.1, 0.15) is 5.75 Å². The van der Waals surface area contributed by atoms with Gasteiger partial charge in [-0.15, -0.1) is 0 Å². The molecule has 0 bridgehead atoms. The zero-order valence-corrected chi connectivity index (χ0v) is 22.8. The van der Waals surface area contributed by atoms with E-state index in [0.717, 1.165) is 16.8 Å². The van der Waals surface area contributed by atoms with E-state index in [1.54, 1.807) is 31.3 Å². The first-order valence-electron chi connectivity index (χ1n) is 12.8. The minimum Gasteiger partial charge on any atom is -0.432 e. The number of ether oxygens (including phenoxy) is 1. The van der Waals surface area contributed by atoms with Crippen LogP contribution in [-0.4, -0.2) is 41.1 Å². The van der Waals surface area contributed by atoms with Crippen molar-refractivity contribution in [2.75, 3.05) is 5.75 Å². The molecule has 8 nitrogen and oxygen atoms in total. The molecule has 1 unspecified atom stereocenters. The van der Waals surface area contributed by atoms with Gasteiger partial charge in [0.15, 0.2) is 9.84 Å². The molecule has 11 heteroatoms. The Labute approximate surface area is 226 Å². The van der Waals surface area contributed by atoms with Crippen LogP contribution in [-0.2, 0) is 35.9 Å². The van der Waals surface area contributed by atoms with Crippen LogP contribution in [0.3, 0.4) is 0 Å². The minimum absolute atomic E-state index is 0.00756. The summed E-state index contributed by atoms with van der Waals surface area (Å²) >= 11 is 0. The number of carbonyl (C=O) groups is 1. The maximum absolute atomic E-state index is 13.6. The number of nitrogens with zero attached hydrogens (tertiary/aromatic N) is 3. The zero-order valence-electron chi connectivity index (χ0n) is 21.9. The highest BCUT2D eigenvalue weighted by atomic mass is 32.2. The molecule has 0 saturated heterocycles. The van der Waals surface area contributed by atoms with Gasteiger partial charge in [-0.2, -0.15) is 8.78 Å². The molecular weight excluding hydrogens is 526 g/mol. The molecule has 3 aromatic rings. The summed E-state index contributed by atoms with van der Waals surface area (Å²) in [5.41, 5.74) is 4.23. The van der Waals surface area contributed by atoms with E-state index in [0.29, 0.717) is 29.9 Å². The number of aromatic nitrogens is 2. The molecule has 2 aliphatic rings. The molecule has 1 N–H and O–H groups in total. The Bertz CT molecular complexity index is 1510. The quantitative estimate of drug-likeness (QED) is 0.438. The Hall–Kier alpha value is -3.44. The molecule has 0 fully saturated rings. The van der Waals surface area contributed by atoms with Gasteiger partial charge in [-0.1, -0.05) is 32.9 Å². The van der Waals surface area contributed by atoms with Crippen LogP contribution in [0.1, 0.15) is 65.2 Å². The van der Waals surface area contributed by atoms with Crippen molar-refractivity contribution in [2.24, 2.45) is 5.92 Å². The fourth-order valence-corrected chi connectivity index (χ4v) is 6.00. The van der Waals surface area contributed by atoms with E-state index < -0.39 is 22.4 Å². The first kappa shape index (κ1) is 27.1. The third-order valence-corrected chi connectivity index (χ3v) is 8.79. The monoisotopic (exact) mass is 556 g/mol. The van der Waals surface area contributed by atoms with Gasteiger partial charge in [0.25, 0.3) is 5.91 Å². The molecule has 1 amide bonds. The number of rotatable bonds is 8. The summed E-state index contributed by atoms with van der Waals surface area (Å²) in [7, 11) is -3.34. The average Bonchev–Trinajstić information content (AvgIpc) is 3.41. The van der Waals surface area contributed by atoms with Gasteiger partial charge in [0.2, 0.25) is 0 Å². The van der Waals surface area contributed by atoms with E-state index in [2.05, 4.69) is 34.0 Å². The van der Waals surface area contributed by atoms with Crippen molar-refractivity contribution < 1.29 is 26.7 Å². The normalized spacial score (nSPS) is 18.1. The predicted molar refractivity (Wildman–Crippen MR) is 140 cm³/mol. The van der Waals surface area contributed by atoms with Crippen molar-refractivity contribution in [3.8, 4) is 5.75 Å². The van der Waals surface area contributed by atoms with Crippen molar-refractivity contribution in [3.05, 3.63) is 82.4 Å². The summed E-state index contributed by atoms with van der Waals surface area (Å²) in [6, 6.07) is 10.1. The number of halogens is 2. The lowest BCUT2D eigenvalue weighted by molar-refractivity contribution is -0.159. The van der Waals surface area contributed by atoms with E-state index in [-0.39, 0.29) is 40.8 Å². The van der Waals surface area contributed by atoms with Crippen LogP contribution >= 0.6 is 0 Å². The summed E-state index contributed by atoms with van der Waals surface area (Å²) in [6.07, 6.45) is -0.730. The number of sulfone groups is 1. The molecule has 39 heavy (non-hydrogen) atoms. The fraction of sp³-hybridized carbons (Fsp3) is 0.393. The average molecular weight is 557 g/mol. The van der Waals surface area contributed by atoms with Gasteiger partial charge >= 0.3 is 6.11 Å². The molecule has 2 aliphatic heterocycles. The van der Waals surface area contributed by atoms with Crippen LogP contribution in [0.2, 0.25) is 0 Å². The number of hydrogen-bond acceptors (Lipinski definition) is 7. The van der Waals surface area contributed by atoms with Crippen LogP contribution in [0.15, 0.2) is 53.7 Å². The maximum atomic E-state index is 13.6. The highest BCUT2D eigenvalue weighted by molar-refractivity contribution is 7.91. The van der Waals surface area contributed by atoms with Crippen molar-refractivity contribution in [3.63, 3.8) is 0 Å². The molecule has 0 saturated carbocycles. The lowest BCUT2D eigenvalue weighted by atomic mass is 9.99. The van der Waals surface area contributed by atoms with Crippen LogP contribution in [0.25, 0.3) is 0 Å². The summed E-state index contributed by atoms with van der Waals surface area (Å²) in [5.74, 6) is 0.151. The molecule has 0 radical (unpaired) electrons. The second-order valence-corrected chi connectivity index (χ2v) is 12.6. The number of fused-ring (bicyclic) bond motifs is 2. The molecular formula is C28H30F2N4O4S. The first-order valence-corrected chi connectivity index (χ1v) is 14.5. The molecule has 5 rings (SSSR count). The number of benzene rings is 1.